The van der Waals surface area contributed by atoms with Crippen LogP contribution in [-0.4, -0.2) is 160 Å². The third kappa shape index (κ3) is 7.19. The Bertz CT molecular complexity index is 1710. The molecule has 6 rings (SSSR count). The highest BCUT2D eigenvalue weighted by atomic mass is 16.7. The zero-order valence-electron chi connectivity index (χ0n) is 35.0. The van der Waals surface area contributed by atoms with Gasteiger partial charge in [0.2, 0.25) is 12.1 Å². The van der Waals surface area contributed by atoms with Crippen LogP contribution in [0, 0.1) is 39.4 Å². The molecule has 17 nitrogen and oxygen atoms in total. The monoisotopic (exact) mass is 840 g/mol. The van der Waals surface area contributed by atoms with Crippen LogP contribution in [0.4, 0.5) is 0 Å². The summed E-state index contributed by atoms with van der Waals surface area (Å²) in [4.78, 5) is 42.7. The van der Waals surface area contributed by atoms with Gasteiger partial charge >= 0.3 is 0 Å². The van der Waals surface area contributed by atoms with Crippen LogP contribution in [0.3, 0.4) is 0 Å². The van der Waals surface area contributed by atoms with E-state index in [1.807, 2.05) is 26.8 Å². The second kappa shape index (κ2) is 15.5. The first-order valence-corrected chi connectivity index (χ1v) is 20.5. The fourth-order valence-electron chi connectivity index (χ4n) is 11.7. The normalized spacial score (nSPS) is 46.9. The van der Waals surface area contributed by atoms with E-state index in [0.717, 1.165) is 0 Å². The maximum absolute atomic E-state index is 14.9. The second-order valence-corrected chi connectivity index (χ2v) is 19.9. The largest absolute Gasteiger partial charge is 0.459 e. The molecule has 17 heteroatoms. The van der Waals surface area contributed by atoms with E-state index in [9.17, 15) is 65.4 Å². The fraction of sp³-hybridized carbons (Fsp3) is 0.833. The molecule has 0 radical (unpaired) electrons. The van der Waals surface area contributed by atoms with Crippen molar-refractivity contribution in [2.24, 2.45) is 39.4 Å². The molecule has 0 aromatic rings. The third-order valence-corrected chi connectivity index (χ3v) is 15.4. The van der Waals surface area contributed by atoms with E-state index in [1.54, 1.807) is 27.7 Å². The number of allylic oxidation sites excluding steroid dienone is 4. The summed E-state index contributed by atoms with van der Waals surface area (Å²) in [5.41, 5.74) is -6.77. The standard InChI is InChI=1S/C42H64O17/c1-37(2,54)12-11-25(46)42(8,55)33-20(45)14-39(5)24-10-9-18-19(41(24,7)26(47)15-40(33,39)6)13-21(34(53)38(18,3)4)56-35-31(52)29(50)32(23(17-44)58-35)59-36-30(51)28(49)27(48)22(16-43)57-36/h9,13,19-20,22-24,27-33,35-36,43-45,48-52,54-55H,10-12,14-17H2,1-8H3/t19-,20-,22-,23-,24-,27-,28+,29-,30-,31-,32-,33+,35-,36+,39+,40+,41+,42+/m0/s1. The van der Waals surface area contributed by atoms with Crippen LogP contribution in [0.25, 0.3) is 0 Å². The van der Waals surface area contributed by atoms with E-state index in [4.69, 9.17) is 18.9 Å². The van der Waals surface area contributed by atoms with Gasteiger partial charge in [-0.2, -0.15) is 0 Å². The highest BCUT2D eigenvalue weighted by Crippen LogP contribution is 2.74. The summed E-state index contributed by atoms with van der Waals surface area (Å²) in [7, 11) is 0. The lowest BCUT2D eigenvalue weighted by Gasteiger charge is -2.63. The molecule has 2 saturated heterocycles. The van der Waals surface area contributed by atoms with Gasteiger partial charge in [-0.15, -0.1) is 0 Å². The lowest BCUT2D eigenvalue weighted by Crippen LogP contribution is -2.65. The molecular formula is C42H64O17. The number of hydrogen-bond donors (Lipinski definition) is 10. The molecule has 0 aromatic carbocycles. The minimum Gasteiger partial charge on any atom is -0.459 e. The minimum absolute atomic E-state index is 0.0952. The van der Waals surface area contributed by atoms with Crippen molar-refractivity contribution in [1.82, 2.24) is 0 Å². The topological polar surface area (TPSA) is 290 Å². The molecule has 2 saturated carbocycles. The number of hydrogen-bond acceptors (Lipinski definition) is 17. The molecule has 4 fully saturated rings. The van der Waals surface area contributed by atoms with Gasteiger partial charge in [-0.1, -0.05) is 32.4 Å². The molecule has 2 aliphatic heterocycles. The molecular weight excluding hydrogens is 776 g/mol. The number of ketones is 3. The third-order valence-electron chi connectivity index (χ3n) is 15.4. The quantitative estimate of drug-likeness (QED) is 0.111. The summed E-state index contributed by atoms with van der Waals surface area (Å²) >= 11 is 0. The summed E-state index contributed by atoms with van der Waals surface area (Å²) in [5.74, 6) is -3.70. The van der Waals surface area contributed by atoms with Crippen molar-refractivity contribution in [3.05, 3.63) is 23.5 Å². The molecule has 0 amide bonds. The van der Waals surface area contributed by atoms with Crippen LogP contribution in [-0.2, 0) is 33.3 Å². The van der Waals surface area contributed by atoms with Gasteiger partial charge in [0.25, 0.3) is 0 Å². The molecule has 18 atom stereocenters. The first-order chi connectivity index (χ1) is 27.1. The number of ether oxygens (including phenoxy) is 4. The summed E-state index contributed by atoms with van der Waals surface area (Å²) < 4.78 is 22.9. The number of fused-ring (bicyclic) bond motifs is 5. The van der Waals surface area contributed by atoms with Crippen LogP contribution < -0.4 is 0 Å². The van der Waals surface area contributed by atoms with Crippen molar-refractivity contribution >= 4 is 17.3 Å². The zero-order valence-corrected chi connectivity index (χ0v) is 35.0. The lowest BCUT2D eigenvalue weighted by atomic mass is 9.39. The molecule has 4 aliphatic carbocycles. The van der Waals surface area contributed by atoms with Gasteiger partial charge in [0.15, 0.2) is 17.8 Å². The molecule has 10 N–H and O–H groups in total. The van der Waals surface area contributed by atoms with Gasteiger partial charge in [0, 0.05) is 30.1 Å². The number of Topliss-reactive ketones (excluding diaryl/α,β-unsaturated/α-hetero) is 3. The fourth-order valence-corrected chi connectivity index (χ4v) is 11.7. The smallest absolute Gasteiger partial charge is 0.229 e. The van der Waals surface area contributed by atoms with Gasteiger partial charge in [0.05, 0.1) is 30.3 Å². The molecule has 0 unspecified atom stereocenters. The van der Waals surface area contributed by atoms with E-state index in [0.29, 0.717) is 12.0 Å². The SMILES string of the molecule is CC(C)(O)CCC(=O)[C@@](C)(O)[C@@H]1[C@@H](O)C[C@]2(C)[C@@H]3CC=C4[C@H](C=C(O[C@H]5O[C@@H](CO)[C@H](O[C@H]6O[C@@H](CO)[C@H](O)[C@@H](O)[C@@H]6O)[C@@H](O)[C@@H]5O)C(=O)C4(C)C)[C@@]3(C)C(=O)C[C@]12C. The second-order valence-electron chi connectivity index (χ2n) is 19.9. The Balaban J connectivity index is 1.29. The number of carbonyl (C=O) groups excluding carboxylic acids is 3. The average Bonchev–Trinajstić information content (AvgIpc) is 3.36. The van der Waals surface area contributed by atoms with Crippen molar-refractivity contribution < 1.29 is 84.4 Å². The maximum atomic E-state index is 14.9. The predicted octanol–water partition coefficient (Wildman–Crippen LogP) is -1.07. The van der Waals surface area contributed by atoms with E-state index in [-0.39, 0.29) is 37.2 Å². The first-order valence-electron chi connectivity index (χ1n) is 20.5. The predicted molar refractivity (Wildman–Crippen MR) is 203 cm³/mol. The summed E-state index contributed by atoms with van der Waals surface area (Å²) in [6.07, 6.45) is -14.4. The van der Waals surface area contributed by atoms with Crippen LogP contribution in [0.1, 0.15) is 87.5 Å². The van der Waals surface area contributed by atoms with Gasteiger partial charge in [-0.05, 0) is 76.7 Å². The van der Waals surface area contributed by atoms with Crippen LogP contribution in [0.2, 0.25) is 0 Å². The highest BCUT2D eigenvalue weighted by molar-refractivity contribution is 6.02. The maximum Gasteiger partial charge on any atom is 0.229 e. The summed E-state index contributed by atoms with van der Waals surface area (Å²) in [6.45, 7) is 12.0. The van der Waals surface area contributed by atoms with Crippen molar-refractivity contribution in [1.29, 1.82) is 0 Å². The number of aliphatic hydroxyl groups is 10. The Hall–Kier alpha value is -2.23. The molecule has 0 aromatic heterocycles. The van der Waals surface area contributed by atoms with Crippen molar-refractivity contribution in [3.63, 3.8) is 0 Å². The van der Waals surface area contributed by atoms with Crippen LogP contribution in [0.15, 0.2) is 23.5 Å². The Morgan fingerprint density at radius 1 is 0.831 bits per heavy atom. The Morgan fingerprint density at radius 2 is 1.42 bits per heavy atom. The van der Waals surface area contributed by atoms with Crippen molar-refractivity contribution in [3.8, 4) is 0 Å². The first kappa shape index (κ1) is 46.3. The van der Waals surface area contributed by atoms with E-state index >= 15 is 0 Å². The number of carbonyl (C=O) groups is 3. The minimum atomic E-state index is -2.02. The van der Waals surface area contributed by atoms with Crippen molar-refractivity contribution in [2.45, 2.75) is 166 Å². The van der Waals surface area contributed by atoms with Gasteiger partial charge in [0.1, 0.15) is 60.2 Å². The Morgan fingerprint density at radius 3 is 2.02 bits per heavy atom. The molecule has 0 bridgehead atoms. The van der Waals surface area contributed by atoms with Gasteiger partial charge < -0.3 is 70.0 Å². The molecule has 0 spiro atoms. The van der Waals surface area contributed by atoms with E-state index < -0.39 is 143 Å². The van der Waals surface area contributed by atoms with E-state index in [2.05, 4.69) is 0 Å². The number of aliphatic hydroxyl groups excluding tert-OH is 8. The average molecular weight is 841 g/mol. The Labute approximate surface area is 343 Å². The van der Waals surface area contributed by atoms with Gasteiger partial charge in [-0.3, -0.25) is 14.4 Å². The molecule has 6 aliphatic rings. The van der Waals surface area contributed by atoms with Crippen LogP contribution in [0.5, 0.6) is 0 Å². The van der Waals surface area contributed by atoms with E-state index in [1.165, 1.54) is 13.0 Å². The molecule has 2 heterocycles. The highest BCUT2D eigenvalue weighted by Gasteiger charge is 2.74. The van der Waals surface area contributed by atoms with Crippen molar-refractivity contribution in [2.75, 3.05) is 13.2 Å². The molecule has 59 heavy (non-hydrogen) atoms. The number of rotatable bonds is 11. The van der Waals surface area contributed by atoms with Crippen LogP contribution >= 0.6 is 0 Å². The van der Waals surface area contributed by atoms with Gasteiger partial charge in [-0.25, -0.2) is 0 Å². The zero-order chi connectivity index (χ0) is 44.2. The molecule has 334 valence electrons. The lowest BCUT2D eigenvalue weighted by molar-refractivity contribution is -0.356. The summed E-state index contributed by atoms with van der Waals surface area (Å²) in [5, 5.41) is 107. The Kier molecular flexibility index (Phi) is 12.2. The summed E-state index contributed by atoms with van der Waals surface area (Å²) in [6, 6.07) is 0.